The highest BCUT2D eigenvalue weighted by Crippen LogP contribution is 2.69. The molecule has 7 heterocycles. The van der Waals surface area contributed by atoms with E-state index < -0.39 is 59.8 Å². The van der Waals surface area contributed by atoms with E-state index in [0.717, 1.165) is 89.5 Å². The van der Waals surface area contributed by atoms with Crippen LogP contribution in [0.3, 0.4) is 0 Å². The van der Waals surface area contributed by atoms with Crippen LogP contribution in [-0.4, -0.2) is 142 Å². The highest BCUT2D eigenvalue weighted by Gasteiger charge is 2.80. The van der Waals surface area contributed by atoms with Crippen molar-refractivity contribution in [3.63, 3.8) is 0 Å². The van der Waals surface area contributed by atoms with E-state index in [1.54, 1.807) is 7.11 Å². The fourth-order valence-corrected chi connectivity index (χ4v) is 21.2. The van der Waals surface area contributed by atoms with Gasteiger partial charge in [0.1, 0.15) is 17.8 Å². The standard InChI is InChI=1S/C60H78N4O10Si/c1-7-56(68)35-41-36-59(54(66)71-5,50-43(24-28-63(37-41)39-56)42-21-12-13-22-46(42)61-50)45-33-44-47(34-48(45)70-4)62(3)52-58(44)26-29-64-27-18-25-57(8-2,51(58)64)53(60(52,69)55(67)72-6)74-75(31-16-17-32-75)30-15-14-23-49(65)73-38-40-19-10-9-11-20-40/h9-13,18-22,25,33-34,41,51-53,61,68-69H,7-8,14-17,23-24,26-32,35-39H2,1-6H3/t41?,51-,52+,53+,56-,57+,58+,59-,60-/m0/s1. The Morgan fingerprint density at radius 1 is 0.867 bits per heavy atom. The summed E-state index contributed by atoms with van der Waals surface area (Å²) in [4.78, 5) is 54.7. The van der Waals surface area contributed by atoms with Gasteiger partial charge >= 0.3 is 17.9 Å². The second-order valence-electron chi connectivity index (χ2n) is 23.5. The molecule has 11 rings (SSSR count). The molecule has 1 aliphatic carbocycles. The van der Waals surface area contributed by atoms with Gasteiger partial charge in [0.2, 0.25) is 5.60 Å². The number of methoxy groups -OCH3 is 3. The molecule has 0 amide bonds. The Labute approximate surface area is 443 Å². The van der Waals surface area contributed by atoms with E-state index in [1.807, 2.05) is 62.5 Å². The molecule has 3 N–H and O–H groups in total. The van der Waals surface area contributed by atoms with Crippen molar-refractivity contribution < 1.29 is 48.0 Å². The number of nitrogens with zero attached hydrogens (tertiary/aromatic N) is 3. The minimum absolute atomic E-state index is 0.0950. The number of aliphatic hydroxyl groups is 2. The Balaban J connectivity index is 1.04. The summed E-state index contributed by atoms with van der Waals surface area (Å²) in [5.74, 6) is -0.947. The second kappa shape index (κ2) is 19.8. The number of hydrogen-bond acceptors (Lipinski definition) is 13. The Kier molecular flexibility index (Phi) is 13.7. The average molecular weight is 1040 g/mol. The maximum absolute atomic E-state index is 15.6. The SMILES string of the molecule is CC[C@]1(O)CC2CN(CCc3c([nH]c4ccccc34)[C@@](C(=O)OC)(c3cc4c(cc3OC)N(C)[C@H]3[C@@](O)(C(=O)OC)[C@H](O[Si]5(CCCCC(=O)OCc6ccccc6)CCCC5)[C@]5(CC)C=CCN6CC[C@]43[C@@H]65)C2)C1. The molecule has 0 radical (unpaired) electrons. The lowest BCUT2D eigenvalue weighted by Gasteiger charge is -2.65. The monoisotopic (exact) mass is 1040 g/mol. The number of rotatable bonds is 15. The quantitative estimate of drug-likeness (QED) is 0.0345. The molecule has 14 nitrogen and oxygen atoms in total. The van der Waals surface area contributed by atoms with Crippen LogP contribution in [0.4, 0.5) is 5.69 Å². The molecule has 10 atom stereocenters. The number of nitrogens with one attached hydrogen (secondary N) is 1. The fraction of sp³-hybridized carbons (Fsp3) is 0.583. The van der Waals surface area contributed by atoms with E-state index in [-0.39, 0.29) is 24.5 Å². The third-order valence-electron chi connectivity index (χ3n) is 19.7. The van der Waals surface area contributed by atoms with Crippen LogP contribution in [0.15, 0.2) is 78.9 Å². The summed E-state index contributed by atoms with van der Waals surface area (Å²) in [6.45, 7) is 7.88. The van der Waals surface area contributed by atoms with Gasteiger partial charge in [0.15, 0.2) is 8.32 Å². The number of anilines is 1. The first kappa shape index (κ1) is 52.0. The molecule has 1 saturated carbocycles. The van der Waals surface area contributed by atoms with Crippen molar-refractivity contribution in [2.24, 2.45) is 11.3 Å². The van der Waals surface area contributed by atoms with Crippen molar-refractivity contribution in [3.8, 4) is 5.75 Å². The summed E-state index contributed by atoms with van der Waals surface area (Å²) in [5, 5.41) is 27.5. The highest BCUT2D eigenvalue weighted by atomic mass is 28.4. The summed E-state index contributed by atoms with van der Waals surface area (Å²) < 4.78 is 32.0. The normalized spacial score (nSPS) is 33.3. The first-order chi connectivity index (χ1) is 36.2. The first-order valence-corrected chi connectivity index (χ1v) is 30.4. The van der Waals surface area contributed by atoms with Crippen molar-refractivity contribution in [3.05, 3.63) is 107 Å². The van der Waals surface area contributed by atoms with Crippen molar-refractivity contribution in [1.82, 2.24) is 14.8 Å². The van der Waals surface area contributed by atoms with Gasteiger partial charge in [-0.3, -0.25) is 19.4 Å². The Morgan fingerprint density at radius 3 is 2.36 bits per heavy atom. The molecular weight excluding hydrogens is 965 g/mol. The second-order valence-corrected chi connectivity index (χ2v) is 27.6. The third-order valence-corrected chi connectivity index (χ3v) is 24.2. The minimum atomic E-state index is -2.67. The van der Waals surface area contributed by atoms with Gasteiger partial charge in [-0.25, -0.2) is 4.79 Å². The molecule has 7 aliphatic rings. The van der Waals surface area contributed by atoms with Crippen LogP contribution >= 0.6 is 0 Å². The number of esters is 3. The molecular formula is C60H78N4O10Si. The number of unbranched alkanes of at least 4 members (excludes halogenated alkanes) is 1. The number of H-pyrrole nitrogens is 1. The zero-order valence-corrected chi connectivity index (χ0v) is 46.0. The number of carbonyl (C=O) groups is 3. The van der Waals surface area contributed by atoms with Gasteiger partial charge < -0.3 is 43.5 Å². The number of likely N-dealkylation sites (N-methyl/N-ethyl adjacent to an activating group) is 1. The molecule has 6 aliphatic heterocycles. The molecule has 3 saturated heterocycles. The van der Waals surface area contributed by atoms with Crippen molar-refractivity contribution in [2.75, 3.05) is 66.0 Å². The third kappa shape index (κ3) is 8.05. The van der Waals surface area contributed by atoms with Crippen molar-refractivity contribution >= 4 is 42.8 Å². The number of benzene rings is 3. The van der Waals surface area contributed by atoms with Gasteiger partial charge in [-0.2, -0.15) is 0 Å². The van der Waals surface area contributed by atoms with Gasteiger partial charge in [-0.15, -0.1) is 0 Å². The van der Waals surface area contributed by atoms with E-state index in [0.29, 0.717) is 82.3 Å². The van der Waals surface area contributed by atoms with Crippen LogP contribution < -0.4 is 9.64 Å². The van der Waals surface area contributed by atoms with Crippen LogP contribution in [-0.2, 0) is 56.9 Å². The summed E-state index contributed by atoms with van der Waals surface area (Å²) >= 11 is 0. The van der Waals surface area contributed by atoms with Crippen LogP contribution in [0.25, 0.3) is 10.9 Å². The van der Waals surface area contributed by atoms with Crippen molar-refractivity contribution in [1.29, 1.82) is 0 Å². The van der Waals surface area contributed by atoms with Crippen molar-refractivity contribution in [2.45, 2.75) is 149 Å². The van der Waals surface area contributed by atoms with E-state index in [9.17, 15) is 15.0 Å². The Bertz CT molecular complexity index is 2850. The molecule has 15 heteroatoms. The van der Waals surface area contributed by atoms with Gasteiger partial charge in [0, 0.05) is 90.4 Å². The lowest BCUT2D eigenvalue weighted by Crippen LogP contribution is -2.82. The molecule has 4 aromatic rings. The molecule has 75 heavy (non-hydrogen) atoms. The number of carbonyl (C=O) groups excluding carboxylic acids is 3. The molecule has 4 fully saturated rings. The highest BCUT2D eigenvalue weighted by molar-refractivity contribution is 6.74. The minimum Gasteiger partial charge on any atom is -0.496 e. The predicted molar refractivity (Wildman–Crippen MR) is 289 cm³/mol. The maximum Gasteiger partial charge on any atom is 0.342 e. The molecule has 3 aromatic carbocycles. The van der Waals surface area contributed by atoms with E-state index in [1.165, 1.54) is 14.2 Å². The zero-order valence-electron chi connectivity index (χ0n) is 45.0. The lowest BCUT2D eigenvalue weighted by molar-refractivity contribution is -0.214. The topological polar surface area (TPSA) is 163 Å². The molecule has 1 aromatic heterocycles. The van der Waals surface area contributed by atoms with Gasteiger partial charge in [0.25, 0.3) is 0 Å². The van der Waals surface area contributed by atoms with Crippen LogP contribution in [0.1, 0.15) is 106 Å². The zero-order chi connectivity index (χ0) is 52.5. The van der Waals surface area contributed by atoms with Crippen LogP contribution in [0.2, 0.25) is 18.1 Å². The summed E-state index contributed by atoms with van der Waals surface area (Å²) in [5.41, 5.74) is -0.0510. The molecule has 402 valence electrons. The van der Waals surface area contributed by atoms with E-state index >= 15 is 9.59 Å². The first-order valence-electron chi connectivity index (χ1n) is 27.9. The Hall–Kier alpha value is -5.03. The summed E-state index contributed by atoms with van der Waals surface area (Å²) in [6, 6.07) is 23.8. The summed E-state index contributed by atoms with van der Waals surface area (Å²) in [7, 11) is 3.80. The number of ether oxygens (including phenoxy) is 4. The van der Waals surface area contributed by atoms with E-state index in [4.69, 9.17) is 23.4 Å². The van der Waals surface area contributed by atoms with Gasteiger partial charge in [-0.1, -0.05) is 93.8 Å². The Morgan fingerprint density at radius 2 is 1.63 bits per heavy atom. The fourth-order valence-electron chi connectivity index (χ4n) is 16.6. The number of aromatic amines is 1. The molecule has 1 spiro atoms. The average Bonchev–Trinajstić information content (AvgIpc) is 4.22. The lowest BCUT2D eigenvalue weighted by atomic mass is 9.47. The molecule has 2 unspecified atom stereocenters. The number of fused-ring (bicyclic) bond motifs is 6. The number of para-hydroxylation sites is 1. The maximum atomic E-state index is 15.6. The summed E-state index contributed by atoms with van der Waals surface area (Å²) in [6.07, 6.45) is 10.6. The smallest absolute Gasteiger partial charge is 0.342 e. The number of hydrogen-bond donors (Lipinski definition) is 3. The van der Waals surface area contributed by atoms with Crippen LogP contribution in [0, 0.1) is 11.3 Å². The van der Waals surface area contributed by atoms with E-state index in [2.05, 4.69) is 57.0 Å². The van der Waals surface area contributed by atoms with Crippen LogP contribution in [0.5, 0.6) is 5.75 Å². The predicted octanol–water partition coefficient (Wildman–Crippen LogP) is 8.10. The number of aromatic nitrogens is 1. The largest absolute Gasteiger partial charge is 0.496 e. The van der Waals surface area contributed by atoms with Gasteiger partial charge in [0.05, 0.1) is 39.1 Å². The molecule has 2 bridgehead atoms. The van der Waals surface area contributed by atoms with Gasteiger partial charge in [-0.05, 0) is 104 Å². The number of piperidine rings is 1.